The summed E-state index contributed by atoms with van der Waals surface area (Å²) < 4.78 is 10.2. The lowest BCUT2D eigenvalue weighted by Gasteiger charge is -2.14. The van der Waals surface area contributed by atoms with Crippen LogP contribution >= 0.6 is 12.6 Å². The number of hydrogen-bond donors (Lipinski definition) is 3. The summed E-state index contributed by atoms with van der Waals surface area (Å²) in [5.74, 6) is -1.52. The fraction of sp³-hybridized carbons (Fsp3) is 0.269. The van der Waals surface area contributed by atoms with Crippen LogP contribution in [0.3, 0.4) is 0 Å². The molecule has 0 saturated heterocycles. The Balaban J connectivity index is 0.000000379. The minimum Gasteiger partial charge on any atom is -0.503 e. The number of rotatable bonds is 7. The van der Waals surface area contributed by atoms with Crippen LogP contribution < -0.4 is 10.1 Å². The van der Waals surface area contributed by atoms with Crippen LogP contribution in [-0.4, -0.2) is 41.7 Å². The number of thiol groups is 1. The predicted octanol–water partition coefficient (Wildman–Crippen LogP) is 4.29. The highest BCUT2D eigenvalue weighted by molar-refractivity contribution is 7.80. The molecule has 1 unspecified atom stereocenters. The second kappa shape index (κ2) is 13.3. The van der Waals surface area contributed by atoms with E-state index in [1.165, 1.54) is 30.5 Å². The van der Waals surface area contributed by atoms with Crippen LogP contribution in [0.25, 0.3) is 0 Å². The lowest BCUT2D eigenvalue weighted by atomic mass is 10.1. The average molecular weight is 483 g/mol. The maximum Gasteiger partial charge on any atom is 0.325 e. The number of carbonyl (C=O) groups is 2. The van der Waals surface area contributed by atoms with E-state index in [9.17, 15) is 14.7 Å². The van der Waals surface area contributed by atoms with E-state index in [1.807, 2.05) is 36.4 Å². The van der Waals surface area contributed by atoms with E-state index in [0.717, 1.165) is 10.5 Å². The van der Waals surface area contributed by atoms with Crippen LogP contribution in [-0.2, 0) is 16.0 Å². The molecular formula is C26H30N2O5S. The number of carbonyl (C=O) groups excluding carboxylic acids is 2. The van der Waals surface area contributed by atoms with Gasteiger partial charge in [-0.15, -0.1) is 12.6 Å². The standard InChI is InChI=1S/C18H20N2O5.C8H10S/c1-12(10-13-6-4-3-5-7-13)25-15(21)11-20-18(23)16-17(22)14(24-2)8-9-19-16;1-6-3-4-8(9)7(2)5-6/h3-9,12,22H,10-11H2,1-2H3,(H,20,23);3-5,9H,1-2H3. The third-order valence-electron chi connectivity index (χ3n) is 4.77. The van der Waals surface area contributed by atoms with E-state index in [2.05, 4.69) is 48.9 Å². The van der Waals surface area contributed by atoms with Crippen molar-refractivity contribution in [3.05, 3.63) is 83.2 Å². The highest BCUT2D eigenvalue weighted by Gasteiger charge is 2.18. The molecule has 2 N–H and O–H groups in total. The monoisotopic (exact) mass is 482 g/mol. The summed E-state index contributed by atoms with van der Waals surface area (Å²) in [6.07, 6.45) is 1.59. The molecule has 0 aliphatic rings. The molecule has 1 amide bonds. The molecule has 34 heavy (non-hydrogen) atoms. The van der Waals surface area contributed by atoms with Gasteiger partial charge in [-0.2, -0.15) is 0 Å². The molecule has 0 radical (unpaired) electrons. The van der Waals surface area contributed by atoms with Crippen molar-refractivity contribution in [2.75, 3.05) is 13.7 Å². The summed E-state index contributed by atoms with van der Waals surface area (Å²) in [5, 5.41) is 12.2. The third kappa shape index (κ3) is 8.44. The van der Waals surface area contributed by atoms with Gasteiger partial charge in [-0.05, 0) is 38.0 Å². The normalized spacial score (nSPS) is 11.0. The number of aromatic nitrogens is 1. The fourth-order valence-electron chi connectivity index (χ4n) is 3.06. The Morgan fingerprint density at radius 1 is 1.12 bits per heavy atom. The summed E-state index contributed by atoms with van der Waals surface area (Å²) in [5.41, 5.74) is 3.38. The Morgan fingerprint density at radius 2 is 1.82 bits per heavy atom. The number of aryl methyl sites for hydroxylation is 2. The molecule has 1 atom stereocenters. The van der Waals surface area contributed by atoms with Gasteiger partial charge in [0.05, 0.1) is 7.11 Å². The minimum absolute atomic E-state index is 0.124. The molecule has 0 saturated carbocycles. The van der Waals surface area contributed by atoms with Crippen LogP contribution in [0.2, 0.25) is 0 Å². The van der Waals surface area contributed by atoms with E-state index in [4.69, 9.17) is 9.47 Å². The van der Waals surface area contributed by atoms with E-state index in [1.54, 1.807) is 6.92 Å². The molecule has 2 aromatic carbocycles. The highest BCUT2D eigenvalue weighted by atomic mass is 32.1. The number of nitrogens with zero attached hydrogens (tertiary/aromatic N) is 1. The fourth-order valence-corrected chi connectivity index (χ4v) is 3.20. The molecule has 3 rings (SSSR count). The summed E-state index contributed by atoms with van der Waals surface area (Å²) in [4.78, 5) is 28.7. The van der Waals surface area contributed by atoms with Crippen molar-refractivity contribution in [2.45, 2.75) is 38.2 Å². The zero-order valence-corrected chi connectivity index (χ0v) is 20.6. The van der Waals surface area contributed by atoms with Crippen molar-refractivity contribution < 1.29 is 24.2 Å². The quantitative estimate of drug-likeness (QED) is 0.343. The molecule has 0 aliphatic carbocycles. The number of esters is 1. The molecule has 7 nitrogen and oxygen atoms in total. The van der Waals surface area contributed by atoms with Gasteiger partial charge >= 0.3 is 5.97 Å². The van der Waals surface area contributed by atoms with Crippen LogP contribution in [0.15, 0.2) is 65.7 Å². The van der Waals surface area contributed by atoms with Crippen LogP contribution in [0.4, 0.5) is 0 Å². The second-order valence-corrected chi connectivity index (χ2v) is 8.16. The summed E-state index contributed by atoms with van der Waals surface area (Å²) >= 11 is 4.25. The molecule has 0 spiro atoms. The number of pyridine rings is 1. The maximum absolute atomic E-state index is 12.0. The average Bonchev–Trinajstić information content (AvgIpc) is 2.81. The number of benzene rings is 2. The molecule has 0 fully saturated rings. The largest absolute Gasteiger partial charge is 0.503 e. The first-order chi connectivity index (χ1) is 16.2. The van der Waals surface area contributed by atoms with Crippen molar-refractivity contribution in [1.82, 2.24) is 10.3 Å². The molecule has 1 heterocycles. The topological polar surface area (TPSA) is 97.8 Å². The number of hydrogen-bond acceptors (Lipinski definition) is 7. The zero-order chi connectivity index (χ0) is 25.1. The first-order valence-electron chi connectivity index (χ1n) is 10.7. The highest BCUT2D eigenvalue weighted by Crippen LogP contribution is 2.27. The van der Waals surface area contributed by atoms with Gasteiger partial charge in [-0.1, -0.05) is 48.0 Å². The smallest absolute Gasteiger partial charge is 0.325 e. The van der Waals surface area contributed by atoms with Crippen molar-refractivity contribution in [1.29, 1.82) is 0 Å². The van der Waals surface area contributed by atoms with Crippen molar-refractivity contribution in [2.24, 2.45) is 0 Å². The number of aromatic hydroxyl groups is 1. The lowest BCUT2D eigenvalue weighted by Crippen LogP contribution is -2.33. The number of nitrogens with one attached hydrogen (secondary N) is 1. The second-order valence-electron chi connectivity index (χ2n) is 7.67. The first kappa shape index (κ1) is 26.7. The van der Waals surface area contributed by atoms with Crippen LogP contribution in [0.5, 0.6) is 11.5 Å². The van der Waals surface area contributed by atoms with Crippen LogP contribution in [0, 0.1) is 13.8 Å². The van der Waals surface area contributed by atoms with E-state index in [0.29, 0.717) is 6.42 Å². The van der Waals surface area contributed by atoms with E-state index in [-0.39, 0.29) is 29.8 Å². The molecule has 1 aromatic heterocycles. The Labute approximate surface area is 205 Å². The number of amides is 1. The van der Waals surface area contributed by atoms with Gasteiger partial charge in [0.1, 0.15) is 12.6 Å². The maximum atomic E-state index is 12.0. The third-order valence-corrected chi connectivity index (χ3v) is 5.27. The summed E-state index contributed by atoms with van der Waals surface area (Å²) in [7, 11) is 1.36. The minimum atomic E-state index is -0.691. The number of methoxy groups -OCH3 is 1. The molecule has 8 heteroatoms. The predicted molar refractivity (Wildman–Crippen MR) is 134 cm³/mol. The van der Waals surface area contributed by atoms with Gasteiger partial charge in [-0.25, -0.2) is 4.98 Å². The molecule has 3 aromatic rings. The van der Waals surface area contributed by atoms with E-state index >= 15 is 0 Å². The lowest BCUT2D eigenvalue weighted by molar-refractivity contribution is -0.146. The van der Waals surface area contributed by atoms with E-state index < -0.39 is 11.9 Å². The van der Waals surface area contributed by atoms with Crippen molar-refractivity contribution >= 4 is 24.5 Å². The van der Waals surface area contributed by atoms with Gasteiger partial charge in [0, 0.05) is 23.6 Å². The SMILES string of the molecule is COc1ccnc(C(=O)NCC(=O)OC(C)Cc2ccccc2)c1O.Cc1ccc(S)c(C)c1. The summed E-state index contributed by atoms with van der Waals surface area (Å²) in [6.45, 7) is 5.61. The molecule has 0 bridgehead atoms. The Morgan fingerprint density at radius 3 is 2.44 bits per heavy atom. The Bertz CT molecular complexity index is 1110. The molecular weight excluding hydrogens is 452 g/mol. The molecule has 0 aliphatic heterocycles. The van der Waals surface area contributed by atoms with Crippen molar-refractivity contribution in [3.8, 4) is 11.5 Å². The zero-order valence-electron chi connectivity index (χ0n) is 19.7. The molecule has 180 valence electrons. The Hall–Kier alpha value is -3.52. The van der Waals surface area contributed by atoms with Gasteiger partial charge in [0.15, 0.2) is 17.2 Å². The number of ether oxygens (including phenoxy) is 2. The summed E-state index contributed by atoms with van der Waals surface area (Å²) in [6, 6.07) is 17.3. The Kier molecular flexibility index (Phi) is 10.4. The van der Waals surface area contributed by atoms with Crippen LogP contribution in [0.1, 0.15) is 34.1 Å². The van der Waals surface area contributed by atoms with Gasteiger partial charge < -0.3 is 19.9 Å². The van der Waals surface area contributed by atoms with Gasteiger partial charge in [0.2, 0.25) is 0 Å². The first-order valence-corrected chi connectivity index (χ1v) is 11.2. The van der Waals surface area contributed by atoms with Gasteiger partial charge in [0.25, 0.3) is 5.91 Å². The van der Waals surface area contributed by atoms with Crippen molar-refractivity contribution in [3.63, 3.8) is 0 Å². The van der Waals surface area contributed by atoms with Gasteiger partial charge in [-0.3, -0.25) is 9.59 Å².